The van der Waals surface area contributed by atoms with Crippen molar-refractivity contribution >= 4 is 6.08 Å². The highest BCUT2D eigenvalue weighted by atomic mass is 19.2. The lowest BCUT2D eigenvalue weighted by Crippen LogP contribution is -2.21. The van der Waals surface area contributed by atoms with Crippen molar-refractivity contribution in [2.75, 3.05) is 13.1 Å². The van der Waals surface area contributed by atoms with Crippen molar-refractivity contribution < 1.29 is 8.78 Å². The Labute approximate surface area is 108 Å². The number of hydrogen-bond acceptors (Lipinski definition) is 1. The van der Waals surface area contributed by atoms with Crippen molar-refractivity contribution in [2.45, 2.75) is 27.2 Å². The fourth-order valence-electron chi connectivity index (χ4n) is 1.65. The van der Waals surface area contributed by atoms with Crippen LogP contribution >= 0.6 is 0 Å². The lowest BCUT2D eigenvalue weighted by molar-refractivity contribution is 0.507. The summed E-state index contributed by atoms with van der Waals surface area (Å²) in [5.74, 6) is -0.990. The molecule has 0 aliphatic carbocycles. The molecule has 0 unspecified atom stereocenters. The van der Waals surface area contributed by atoms with E-state index in [0.29, 0.717) is 18.0 Å². The fraction of sp³-hybridized carbons (Fsp3) is 0.467. The third-order valence-corrected chi connectivity index (χ3v) is 2.70. The molecule has 0 radical (unpaired) electrons. The van der Waals surface area contributed by atoms with E-state index in [2.05, 4.69) is 19.2 Å². The standard InChI is InChI=1S/C15H21F2N/c1-4-12(10-18-9-11(2)3)8-13-6-5-7-14(16)15(13)17/h5-8,11,18H,4,9-10H2,1-3H3. The Morgan fingerprint density at radius 3 is 2.67 bits per heavy atom. The molecule has 0 aliphatic rings. The molecule has 1 aromatic carbocycles. The van der Waals surface area contributed by atoms with E-state index in [-0.39, 0.29) is 0 Å². The Hall–Kier alpha value is -1.22. The molecule has 0 amide bonds. The summed E-state index contributed by atoms with van der Waals surface area (Å²) in [4.78, 5) is 0. The summed E-state index contributed by atoms with van der Waals surface area (Å²) in [5.41, 5.74) is 1.39. The van der Waals surface area contributed by atoms with Gasteiger partial charge in [-0.1, -0.05) is 44.6 Å². The van der Waals surface area contributed by atoms with Gasteiger partial charge in [-0.2, -0.15) is 0 Å². The average molecular weight is 253 g/mol. The van der Waals surface area contributed by atoms with Gasteiger partial charge >= 0.3 is 0 Å². The molecule has 0 saturated heterocycles. The molecule has 0 heterocycles. The molecule has 0 aliphatic heterocycles. The second-order valence-electron chi connectivity index (χ2n) is 4.82. The van der Waals surface area contributed by atoms with E-state index < -0.39 is 11.6 Å². The van der Waals surface area contributed by atoms with Crippen LogP contribution < -0.4 is 5.32 Å². The Bertz CT molecular complexity index is 411. The van der Waals surface area contributed by atoms with E-state index in [9.17, 15) is 8.78 Å². The van der Waals surface area contributed by atoms with Crippen molar-refractivity contribution in [3.8, 4) is 0 Å². The van der Waals surface area contributed by atoms with Crippen LogP contribution in [-0.2, 0) is 0 Å². The fourth-order valence-corrected chi connectivity index (χ4v) is 1.65. The van der Waals surface area contributed by atoms with Gasteiger partial charge < -0.3 is 5.32 Å². The SMILES string of the molecule is CCC(=Cc1cccc(F)c1F)CNCC(C)C. The summed E-state index contributed by atoms with van der Waals surface area (Å²) < 4.78 is 26.6. The minimum atomic E-state index is -0.797. The third kappa shape index (κ3) is 4.57. The molecule has 100 valence electrons. The number of rotatable bonds is 6. The van der Waals surface area contributed by atoms with Crippen LogP contribution in [0.2, 0.25) is 0 Å². The number of hydrogen-bond donors (Lipinski definition) is 1. The largest absolute Gasteiger partial charge is 0.313 e. The normalized spacial score (nSPS) is 12.2. The Balaban J connectivity index is 2.74. The van der Waals surface area contributed by atoms with Crippen molar-refractivity contribution in [1.29, 1.82) is 0 Å². The quantitative estimate of drug-likeness (QED) is 0.808. The molecule has 0 aromatic heterocycles. The highest BCUT2D eigenvalue weighted by molar-refractivity contribution is 5.53. The second-order valence-corrected chi connectivity index (χ2v) is 4.82. The molecule has 0 bridgehead atoms. The molecule has 1 N–H and O–H groups in total. The smallest absolute Gasteiger partial charge is 0.166 e. The zero-order valence-corrected chi connectivity index (χ0v) is 11.3. The molecule has 0 saturated carbocycles. The lowest BCUT2D eigenvalue weighted by Gasteiger charge is -2.10. The number of halogens is 2. The molecular weight excluding hydrogens is 232 g/mol. The average Bonchev–Trinajstić information content (AvgIpc) is 2.33. The zero-order chi connectivity index (χ0) is 13.5. The van der Waals surface area contributed by atoms with Crippen molar-refractivity contribution in [2.24, 2.45) is 5.92 Å². The van der Waals surface area contributed by atoms with Gasteiger partial charge in [0, 0.05) is 12.1 Å². The third-order valence-electron chi connectivity index (χ3n) is 2.70. The monoisotopic (exact) mass is 253 g/mol. The Morgan fingerprint density at radius 1 is 1.33 bits per heavy atom. The van der Waals surface area contributed by atoms with Gasteiger partial charge in [-0.05, 0) is 24.9 Å². The maximum Gasteiger partial charge on any atom is 0.166 e. The molecule has 18 heavy (non-hydrogen) atoms. The summed E-state index contributed by atoms with van der Waals surface area (Å²) in [6, 6.07) is 4.25. The highest BCUT2D eigenvalue weighted by Crippen LogP contribution is 2.15. The van der Waals surface area contributed by atoms with E-state index >= 15 is 0 Å². The van der Waals surface area contributed by atoms with E-state index in [1.54, 1.807) is 12.1 Å². The first kappa shape index (κ1) is 14.8. The molecule has 0 spiro atoms. The number of nitrogens with one attached hydrogen (secondary N) is 1. The van der Waals surface area contributed by atoms with Crippen molar-refractivity contribution in [3.05, 3.63) is 41.0 Å². The summed E-state index contributed by atoms with van der Waals surface area (Å²) in [7, 11) is 0. The van der Waals surface area contributed by atoms with Gasteiger partial charge in [0.25, 0.3) is 0 Å². The van der Waals surface area contributed by atoms with E-state index in [0.717, 1.165) is 24.6 Å². The van der Waals surface area contributed by atoms with E-state index in [1.165, 1.54) is 6.07 Å². The second kappa shape index (κ2) is 7.27. The predicted octanol–water partition coefficient (Wildman–Crippen LogP) is 4.00. The van der Waals surface area contributed by atoms with E-state index in [4.69, 9.17) is 0 Å². The molecule has 0 fully saturated rings. The molecule has 1 aromatic rings. The van der Waals surface area contributed by atoms with Crippen molar-refractivity contribution in [3.63, 3.8) is 0 Å². The van der Waals surface area contributed by atoms with Gasteiger partial charge in [0.05, 0.1) is 0 Å². The van der Waals surface area contributed by atoms with Crippen molar-refractivity contribution in [1.82, 2.24) is 5.32 Å². The first-order valence-corrected chi connectivity index (χ1v) is 6.38. The zero-order valence-electron chi connectivity index (χ0n) is 11.3. The maximum absolute atomic E-state index is 13.5. The van der Waals surface area contributed by atoms with Crippen LogP contribution in [0.4, 0.5) is 8.78 Å². The highest BCUT2D eigenvalue weighted by Gasteiger charge is 2.06. The predicted molar refractivity (Wildman–Crippen MR) is 72.3 cm³/mol. The summed E-state index contributed by atoms with van der Waals surface area (Å²) in [6.45, 7) is 7.91. The topological polar surface area (TPSA) is 12.0 Å². The minimum absolute atomic E-state index is 0.318. The molecule has 1 rings (SSSR count). The summed E-state index contributed by atoms with van der Waals surface area (Å²) >= 11 is 0. The molecule has 3 heteroatoms. The van der Waals surface area contributed by atoms with E-state index in [1.807, 2.05) is 6.92 Å². The minimum Gasteiger partial charge on any atom is -0.313 e. The lowest BCUT2D eigenvalue weighted by atomic mass is 10.1. The van der Waals surface area contributed by atoms with Crippen LogP contribution in [0, 0.1) is 17.6 Å². The Morgan fingerprint density at radius 2 is 2.06 bits per heavy atom. The summed E-state index contributed by atoms with van der Waals surface area (Å²) in [5, 5.41) is 3.31. The van der Waals surface area contributed by atoms with Gasteiger partial charge in [0.2, 0.25) is 0 Å². The molecule has 0 atom stereocenters. The van der Waals surface area contributed by atoms with Crippen LogP contribution in [0.1, 0.15) is 32.8 Å². The molecule has 1 nitrogen and oxygen atoms in total. The van der Waals surface area contributed by atoms with Gasteiger partial charge in [0.15, 0.2) is 11.6 Å². The first-order valence-electron chi connectivity index (χ1n) is 6.38. The first-order chi connectivity index (χ1) is 8.54. The van der Waals surface area contributed by atoms with Crippen LogP contribution in [-0.4, -0.2) is 13.1 Å². The van der Waals surface area contributed by atoms with Crippen LogP contribution in [0.25, 0.3) is 6.08 Å². The number of benzene rings is 1. The van der Waals surface area contributed by atoms with Crippen LogP contribution in [0.15, 0.2) is 23.8 Å². The van der Waals surface area contributed by atoms with Crippen LogP contribution in [0.5, 0.6) is 0 Å². The maximum atomic E-state index is 13.5. The van der Waals surface area contributed by atoms with Gasteiger partial charge in [0.1, 0.15) is 0 Å². The van der Waals surface area contributed by atoms with Gasteiger partial charge in [-0.15, -0.1) is 0 Å². The van der Waals surface area contributed by atoms with Crippen LogP contribution in [0.3, 0.4) is 0 Å². The van der Waals surface area contributed by atoms with Gasteiger partial charge in [-0.3, -0.25) is 0 Å². The summed E-state index contributed by atoms with van der Waals surface area (Å²) in [6.07, 6.45) is 2.55. The van der Waals surface area contributed by atoms with Gasteiger partial charge in [-0.25, -0.2) is 8.78 Å². The Kier molecular flexibility index (Phi) is 5.99. The molecular formula is C15H21F2N.